The highest BCUT2D eigenvalue weighted by Crippen LogP contribution is 2.19. The SMILES string of the molecule is CCCCCCCCCCCCCC(CCO)N1CCCCC1.Cl. The molecule has 3 heteroatoms. The summed E-state index contributed by atoms with van der Waals surface area (Å²) in [5, 5.41) is 9.32. The van der Waals surface area contributed by atoms with Gasteiger partial charge in [0.25, 0.3) is 0 Å². The molecule has 1 rings (SSSR count). The van der Waals surface area contributed by atoms with Gasteiger partial charge in [-0.05, 0) is 38.8 Å². The second-order valence-electron chi connectivity index (χ2n) is 7.59. The third-order valence-corrected chi connectivity index (χ3v) is 5.51. The summed E-state index contributed by atoms with van der Waals surface area (Å²) in [7, 11) is 0. The number of likely N-dealkylation sites (tertiary alicyclic amines) is 1. The molecule has 0 aliphatic carbocycles. The Balaban J connectivity index is 0.00000529. The summed E-state index contributed by atoms with van der Waals surface area (Å²) in [5.74, 6) is 0. The Kier molecular flexibility index (Phi) is 18.2. The first-order valence-corrected chi connectivity index (χ1v) is 10.7. The second-order valence-corrected chi connectivity index (χ2v) is 7.59. The molecule has 0 saturated carbocycles. The Morgan fingerprint density at radius 1 is 0.708 bits per heavy atom. The van der Waals surface area contributed by atoms with Crippen LogP contribution in [0.25, 0.3) is 0 Å². The van der Waals surface area contributed by atoms with Crippen molar-refractivity contribution in [3.8, 4) is 0 Å². The predicted octanol–water partition coefficient (Wildman–Crippen LogP) is 6.35. The molecule has 1 aliphatic rings. The van der Waals surface area contributed by atoms with Crippen molar-refractivity contribution in [2.24, 2.45) is 0 Å². The van der Waals surface area contributed by atoms with Gasteiger partial charge in [-0.1, -0.05) is 84.0 Å². The maximum atomic E-state index is 9.32. The smallest absolute Gasteiger partial charge is 0.0445 e. The topological polar surface area (TPSA) is 23.5 Å². The molecule has 1 saturated heterocycles. The molecule has 0 aromatic rings. The number of halogens is 1. The Labute approximate surface area is 158 Å². The molecule has 1 fully saturated rings. The van der Waals surface area contributed by atoms with Crippen molar-refractivity contribution in [2.45, 2.75) is 116 Å². The lowest BCUT2D eigenvalue weighted by Gasteiger charge is -2.34. The Morgan fingerprint density at radius 2 is 1.21 bits per heavy atom. The van der Waals surface area contributed by atoms with Crippen molar-refractivity contribution in [1.29, 1.82) is 0 Å². The minimum Gasteiger partial charge on any atom is -0.396 e. The van der Waals surface area contributed by atoms with Gasteiger partial charge in [0, 0.05) is 12.6 Å². The van der Waals surface area contributed by atoms with E-state index >= 15 is 0 Å². The molecule has 1 atom stereocenters. The van der Waals surface area contributed by atoms with Gasteiger partial charge in [-0.3, -0.25) is 0 Å². The third kappa shape index (κ3) is 12.6. The monoisotopic (exact) mass is 361 g/mol. The largest absolute Gasteiger partial charge is 0.396 e. The summed E-state index contributed by atoms with van der Waals surface area (Å²) < 4.78 is 0. The zero-order valence-corrected chi connectivity index (χ0v) is 17.1. The van der Waals surface area contributed by atoms with Crippen LogP contribution >= 0.6 is 12.4 Å². The summed E-state index contributed by atoms with van der Waals surface area (Å²) in [6.45, 7) is 5.18. The maximum Gasteiger partial charge on any atom is 0.0445 e. The lowest BCUT2D eigenvalue weighted by Crippen LogP contribution is -2.39. The summed E-state index contributed by atoms with van der Waals surface area (Å²) in [4.78, 5) is 2.65. The van der Waals surface area contributed by atoms with Crippen molar-refractivity contribution in [3.63, 3.8) is 0 Å². The number of unbranched alkanes of at least 4 members (excludes halogenated alkanes) is 10. The minimum absolute atomic E-state index is 0. The number of hydrogen-bond acceptors (Lipinski definition) is 2. The number of hydrogen-bond donors (Lipinski definition) is 1. The van der Waals surface area contributed by atoms with Crippen LogP contribution < -0.4 is 0 Å². The van der Waals surface area contributed by atoms with E-state index in [-0.39, 0.29) is 12.4 Å². The molecule has 1 heterocycles. The van der Waals surface area contributed by atoms with Crippen LogP contribution in [0.2, 0.25) is 0 Å². The molecule has 0 spiro atoms. The fourth-order valence-electron chi connectivity index (χ4n) is 3.99. The molecule has 0 radical (unpaired) electrons. The van der Waals surface area contributed by atoms with Crippen LogP contribution in [0, 0.1) is 0 Å². The van der Waals surface area contributed by atoms with E-state index in [2.05, 4.69) is 11.8 Å². The van der Waals surface area contributed by atoms with Gasteiger partial charge in [-0.25, -0.2) is 0 Å². The van der Waals surface area contributed by atoms with Crippen LogP contribution in [0.15, 0.2) is 0 Å². The van der Waals surface area contributed by atoms with E-state index in [9.17, 15) is 5.11 Å². The molecule has 1 aliphatic heterocycles. The van der Waals surface area contributed by atoms with E-state index in [0.29, 0.717) is 12.6 Å². The van der Waals surface area contributed by atoms with Gasteiger partial charge in [0.1, 0.15) is 0 Å². The Hall–Kier alpha value is 0.210. The molecule has 0 bridgehead atoms. The van der Waals surface area contributed by atoms with Gasteiger partial charge in [0.05, 0.1) is 0 Å². The second kappa shape index (κ2) is 18.0. The number of rotatable bonds is 15. The van der Waals surface area contributed by atoms with Crippen LogP contribution in [0.5, 0.6) is 0 Å². The molecular weight excluding hydrogens is 318 g/mol. The molecule has 0 aromatic heterocycles. The third-order valence-electron chi connectivity index (χ3n) is 5.51. The van der Waals surface area contributed by atoms with E-state index in [1.54, 1.807) is 0 Å². The molecule has 1 unspecified atom stereocenters. The zero-order chi connectivity index (χ0) is 16.6. The van der Waals surface area contributed by atoms with Crippen LogP contribution in [-0.2, 0) is 0 Å². The highest BCUT2D eigenvalue weighted by atomic mass is 35.5. The number of aliphatic hydroxyl groups is 1. The van der Waals surface area contributed by atoms with E-state index in [1.807, 2.05) is 0 Å². The Morgan fingerprint density at radius 3 is 1.71 bits per heavy atom. The van der Waals surface area contributed by atoms with Gasteiger partial charge in [0.15, 0.2) is 0 Å². The van der Waals surface area contributed by atoms with Gasteiger partial charge < -0.3 is 10.0 Å². The highest BCUT2D eigenvalue weighted by molar-refractivity contribution is 5.85. The van der Waals surface area contributed by atoms with E-state index in [4.69, 9.17) is 0 Å². The van der Waals surface area contributed by atoms with Crippen molar-refractivity contribution >= 4 is 12.4 Å². The minimum atomic E-state index is 0. The summed E-state index contributed by atoms with van der Waals surface area (Å²) in [6.07, 6.45) is 22.0. The molecular formula is C21H44ClNO. The van der Waals surface area contributed by atoms with Gasteiger partial charge in [-0.15, -0.1) is 12.4 Å². The van der Waals surface area contributed by atoms with Gasteiger partial charge >= 0.3 is 0 Å². The summed E-state index contributed by atoms with van der Waals surface area (Å²) >= 11 is 0. The van der Waals surface area contributed by atoms with Crippen molar-refractivity contribution in [1.82, 2.24) is 4.90 Å². The lowest BCUT2D eigenvalue weighted by atomic mass is 9.99. The van der Waals surface area contributed by atoms with Crippen molar-refractivity contribution < 1.29 is 5.11 Å². The fourth-order valence-corrected chi connectivity index (χ4v) is 3.99. The molecule has 24 heavy (non-hydrogen) atoms. The average molecular weight is 362 g/mol. The first-order valence-electron chi connectivity index (χ1n) is 10.7. The van der Waals surface area contributed by atoms with Gasteiger partial charge in [-0.2, -0.15) is 0 Å². The molecule has 146 valence electrons. The maximum absolute atomic E-state index is 9.32. The van der Waals surface area contributed by atoms with Crippen LogP contribution in [-0.4, -0.2) is 35.7 Å². The number of aliphatic hydroxyl groups excluding tert-OH is 1. The standard InChI is InChI=1S/C21H43NO.ClH/c1-2-3-4-5-6-7-8-9-10-11-13-16-21(17-20-23)22-18-14-12-15-19-22;/h21,23H,2-20H2,1H3;1H. The first-order chi connectivity index (χ1) is 11.4. The first kappa shape index (κ1) is 24.2. The van der Waals surface area contributed by atoms with Crippen LogP contribution in [0.4, 0.5) is 0 Å². The van der Waals surface area contributed by atoms with Gasteiger partial charge in [0.2, 0.25) is 0 Å². The molecule has 0 aromatic carbocycles. The normalized spacial score (nSPS) is 16.8. The Bertz CT molecular complexity index is 244. The predicted molar refractivity (Wildman–Crippen MR) is 109 cm³/mol. The number of nitrogens with zero attached hydrogens (tertiary/aromatic N) is 1. The molecule has 2 nitrogen and oxygen atoms in total. The van der Waals surface area contributed by atoms with E-state index < -0.39 is 0 Å². The van der Waals surface area contributed by atoms with E-state index in [1.165, 1.54) is 109 Å². The number of piperidine rings is 1. The zero-order valence-electron chi connectivity index (χ0n) is 16.3. The summed E-state index contributed by atoms with van der Waals surface area (Å²) in [6, 6.07) is 0.652. The van der Waals surface area contributed by atoms with Crippen molar-refractivity contribution in [2.75, 3.05) is 19.7 Å². The molecule has 1 N–H and O–H groups in total. The van der Waals surface area contributed by atoms with E-state index in [0.717, 1.165) is 6.42 Å². The fraction of sp³-hybridized carbons (Fsp3) is 1.00. The van der Waals surface area contributed by atoms with Crippen molar-refractivity contribution in [3.05, 3.63) is 0 Å². The molecule has 0 amide bonds. The summed E-state index contributed by atoms with van der Waals surface area (Å²) in [5.41, 5.74) is 0. The quantitative estimate of drug-likeness (QED) is 0.343. The highest BCUT2D eigenvalue weighted by Gasteiger charge is 2.19. The van der Waals surface area contributed by atoms with Crippen LogP contribution in [0.1, 0.15) is 110 Å². The average Bonchev–Trinajstić information content (AvgIpc) is 2.59. The lowest BCUT2D eigenvalue weighted by molar-refractivity contribution is 0.124. The van der Waals surface area contributed by atoms with Crippen LogP contribution in [0.3, 0.4) is 0 Å².